The molecule has 0 saturated heterocycles. The molecule has 0 atom stereocenters. The molecule has 1 aromatic carbocycles. The van der Waals surface area contributed by atoms with Gasteiger partial charge in [-0.05, 0) is 25.0 Å². The predicted molar refractivity (Wildman–Crippen MR) is 65.2 cm³/mol. The number of hydrogen-bond acceptors (Lipinski definition) is 3. The summed E-state index contributed by atoms with van der Waals surface area (Å²) in [7, 11) is -3.29. The molecule has 2 N–H and O–H groups in total. The summed E-state index contributed by atoms with van der Waals surface area (Å²) in [6.45, 7) is 3.69. The number of benzene rings is 1. The van der Waals surface area contributed by atoms with Gasteiger partial charge in [0.2, 0.25) is 10.0 Å². The van der Waals surface area contributed by atoms with Gasteiger partial charge in [-0.2, -0.15) is 0 Å². The summed E-state index contributed by atoms with van der Waals surface area (Å²) in [5.41, 5.74) is 1.12. The molecule has 0 aliphatic rings. The quantitative estimate of drug-likeness (QED) is 0.833. The van der Waals surface area contributed by atoms with Crippen LogP contribution in [0.4, 0.5) is 5.69 Å². The smallest absolute Gasteiger partial charge is 0.232 e. The average molecular weight is 243 g/mol. The summed E-state index contributed by atoms with van der Waals surface area (Å²) in [6.07, 6.45) is 1.47. The molecule has 1 aromatic rings. The predicted octanol–water partition coefficient (Wildman–Crippen LogP) is 2.24. The van der Waals surface area contributed by atoms with Crippen molar-refractivity contribution >= 4 is 15.7 Å². The molecule has 5 heteroatoms. The van der Waals surface area contributed by atoms with Crippen molar-refractivity contribution in [3.8, 4) is 5.75 Å². The number of sulfonamides is 1. The van der Waals surface area contributed by atoms with Gasteiger partial charge in [0.25, 0.3) is 0 Å². The Bertz CT molecular complexity index is 454. The van der Waals surface area contributed by atoms with Crippen molar-refractivity contribution in [2.24, 2.45) is 0 Å². The monoisotopic (exact) mass is 243 g/mol. The Morgan fingerprint density at radius 2 is 2.06 bits per heavy atom. The highest BCUT2D eigenvalue weighted by molar-refractivity contribution is 7.92. The van der Waals surface area contributed by atoms with Crippen molar-refractivity contribution in [1.82, 2.24) is 0 Å². The minimum atomic E-state index is -3.29. The lowest BCUT2D eigenvalue weighted by molar-refractivity contribution is 0.471. The maximum absolute atomic E-state index is 11.6. The first-order chi connectivity index (χ1) is 7.44. The zero-order valence-corrected chi connectivity index (χ0v) is 10.3. The van der Waals surface area contributed by atoms with Crippen LogP contribution in [0.2, 0.25) is 0 Å². The summed E-state index contributed by atoms with van der Waals surface area (Å²) in [5, 5.41) is 9.44. The number of phenols is 1. The Morgan fingerprint density at radius 1 is 1.38 bits per heavy atom. The first-order valence-corrected chi connectivity index (χ1v) is 6.90. The molecule has 0 aliphatic carbocycles. The van der Waals surface area contributed by atoms with Crippen LogP contribution in [-0.4, -0.2) is 19.3 Å². The fraction of sp³-hybridized carbons (Fsp3) is 0.455. The number of phenolic OH excluding ortho intramolecular Hbond substituents is 1. The maximum Gasteiger partial charge on any atom is 0.232 e. The molecule has 0 fully saturated rings. The highest BCUT2D eigenvalue weighted by atomic mass is 32.2. The van der Waals surface area contributed by atoms with Gasteiger partial charge in [-0.25, -0.2) is 8.42 Å². The summed E-state index contributed by atoms with van der Waals surface area (Å²) in [4.78, 5) is 0. The van der Waals surface area contributed by atoms with Crippen LogP contribution >= 0.6 is 0 Å². The van der Waals surface area contributed by atoms with Crippen LogP contribution in [0.3, 0.4) is 0 Å². The molecular formula is C11H17NO3S. The van der Waals surface area contributed by atoms with E-state index in [0.717, 1.165) is 12.0 Å². The van der Waals surface area contributed by atoms with E-state index in [0.29, 0.717) is 12.1 Å². The second-order valence-electron chi connectivity index (χ2n) is 3.78. The topological polar surface area (TPSA) is 66.4 Å². The number of rotatable bonds is 5. The third-order valence-electron chi connectivity index (χ3n) is 2.25. The maximum atomic E-state index is 11.6. The third kappa shape index (κ3) is 3.73. The molecule has 0 aromatic heterocycles. The first kappa shape index (κ1) is 12.8. The second kappa shape index (κ2) is 5.21. The van der Waals surface area contributed by atoms with Crippen LogP contribution in [0.15, 0.2) is 18.2 Å². The lowest BCUT2D eigenvalue weighted by Gasteiger charge is -2.08. The molecule has 1 rings (SSSR count). The van der Waals surface area contributed by atoms with Crippen LogP contribution in [0.25, 0.3) is 0 Å². The van der Waals surface area contributed by atoms with Crippen LogP contribution in [0, 0.1) is 6.92 Å². The fourth-order valence-electron chi connectivity index (χ4n) is 1.24. The highest BCUT2D eigenvalue weighted by Gasteiger charge is 2.10. The molecule has 4 nitrogen and oxygen atoms in total. The Kier molecular flexibility index (Phi) is 4.18. The number of unbranched alkanes of at least 4 members (excludes halogenated alkanes) is 1. The van der Waals surface area contributed by atoms with Crippen LogP contribution in [0.5, 0.6) is 5.75 Å². The number of hydrogen-bond donors (Lipinski definition) is 2. The minimum Gasteiger partial charge on any atom is -0.508 e. The highest BCUT2D eigenvalue weighted by Crippen LogP contribution is 2.21. The van der Waals surface area contributed by atoms with Crippen LogP contribution in [0.1, 0.15) is 25.3 Å². The van der Waals surface area contributed by atoms with E-state index in [1.54, 1.807) is 19.1 Å². The van der Waals surface area contributed by atoms with Gasteiger partial charge in [0.1, 0.15) is 5.75 Å². The van der Waals surface area contributed by atoms with Gasteiger partial charge in [0, 0.05) is 6.07 Å². The van der Waals surface area contributed by atoms with Gasteiger partial charge in [-0.15, -0.1) is 0 Å². The van der Waals surface area contributed by atoms with Crippen molar-refractivity contribution < 1.29 is 13.5 Å². The number of aryl methyl sites for hydroxylation is 1. The average Bonchev–Trinajstić information content (AvgIpc) is 2.20. The second-order valence-corrected chi connectivity index (χ2v) is 5.62. The van der Waals surface area contributed by atoms with Gasteiger partial charge < -0.3 is 5.11 Å². The largest absolute Gasteiger partial charge is 0.508 e. The number of nitrogens with one attached hydrogen (secondary N) is 1. The normalized spacial score (nSPS) is 11.4. The lowest BCUT2D eigenvalue weighted by atomic mass is 10.2. The van der Waals surface area contributed by atoms with E-state index >= 15 is 0 Å². The van der Waals surface area contributed by atoms with Crippen molar-refractivity contribution in [1.29, 1.82) is 0 Å². The van der Waals surface area contributed by atoms with E-state index in [4.69, 9.17) is 0 Å². The van der Waals surface area contributed by atoms with E-state index in [-0.39, 0.29) is 11.5 Å². The number of aromatic hydroxyl groups is 1. The molecule has 0 unspecified atom stereocenters. The van der Waals surface area contributed by atoms with E-state index < -0.39 is 10.0 Å². The van der Waals surface area contributed by atoms with E-state index in [2.05, 4.69) is 4.72 Å². The van der Waals surface area contributed by atoms with E-state index in [9.17, 15) is 13.5 Å². The molecule has 0 aliphatic heterocycles. The Balaban J connectivity index is 2.76. The van der Waals surface area contributed by atoms with Gasteiger partial charge in [-0.3, -0.25) is 4.72 Å². The standard InChI is InChI=1S/C11H17NO3S/c1-3-4-7-16(14,15)12-10-6-5-9(2)11(13)8-10/h5-6,8,12-13H,3-4,7H2,1-2H3. The summed E-state index contributed by atoms with van der Waals surface area (Å²) >= 11 is 0. The van der Waals surface area contributed by atoms with Crippen molar-refractivity contribution in [2.45, 2.75) is 26.7 Å². The molecule has 0 amide bonds. The minimum absolute atomic E-state index is 0.0932. The zero-order valence-electron chi connectivity index (χ0n) is 9.53. The number of anilines is 1. The Labute approximate surface area is 96.4 Å². The molecule has 0 heterocycles. The molecule has 90 valence electrons. The van der Waals surface area contributed by atoms with Gasteiger partial charge in [0.15, 0.2) is 0 Å². The Hall–Kier alpha value is -1.23. The van der Waals surface area contributed by atoms with E-state index in [1.165, 1.54) is 6.07 Å². The summed E-state index contributed by atoms with van der Waals surface area (Å²) in [6, 6.07) is 4.73. The fourth-order valence-corrected chi connectivity index (χ4v) is 2.49. The summed E-state index contributed by atoms with van der Waals surface area (Å²) < 4.78 is 25.6. The Morgan fingerprint density at radius 3 is 2.62 bits per heavy atom. The SMILES string of the molecule is CCCCS(=O)(=O)Nc1ccc(C)c(O)c1. The third-order valence-corrected chi connectivity index (χ3v) is 3.62. The van der Waals surface area contributed by atoms with Gasteiger partial charge >= 0.3 is 0 Å². The molecule has 0 radical (unpaired) electrons. The van der Waals surface area contributed by atoms with Crippen molar-refractivity contribution in [2.75, 3.05) is 10.5 Å². The molecule has 0 spiro atoms. The van der Waals surface area contributed by atoms with Gasteiger partial charge in [-0.1, -0.05) is 19.4 Å². The van der Waals surface area contributed by atoms with Gasteiger partial charge in [0.05, 0.1) is 11.4 Å². The summed E-state index contributed by atoms with van der Waals surface area (Å²) in [5.74, 6) is 0.202. The zero-order chi connectivity index (χ0) is 12.2. The van der Waals surface area contributed by atoms with Crippen LogP contribution < -0.4 is 4.72 Å². The lowest BCUT2D eigenvalue weighted by Crippen LogP contribution is -2.16. The molecule has 16 heavy (non-hydrogen) atoms. The van der Waals surface area contributed by atoms with Crippen LogP contribution in [-0.2, 0) is 10.0 Å². The van der Waals surface area contributed by atoms with Crippen molar-refractivity contribution in [3.05, 3.63) is 23.8 Å². The van der Waals surface area contributed by atoms with E-state index in [1.807, 2.05) is 6.92 Å². The van der Waals surface area contributed by atoms with Crippen molar-refractivity contribution in [3.63, 3.8) is 0 Å². The molecule has 0 saturated carbocycles. The molecular weight excluding hydrogens is 226 g/mol. The molecule has 0 bridgehead atoms. The first-order valence-electron chi connectivity index (χ1n) is 5.24.